The smallest absolute Gasteiger partial charge is 0.441 e. The van der Waals surface area contributed by atoms with Gasteiger partial charge in [-0.1, -0.05) is 13.8 Å². The first-order valence-electron chi connectivity index (χ1n) is 5.75. The third-order valence-electron chi connectivity index (χ3n) is 2.12. The molecule has 1 atom stereocenters. The van der Waals surface area contributed by atoms with Gasteiger partial charge >= 0.3 is 11.7 Å². The Morgan fingerprint density at radius 1 is 1.33 bits per heavy atom. The van der Waals surface area contributed by atoms with Gasteiger partial charge in [0.2, 0.25) is 0 Å². The minimum atomic E-state index is -0.994. The molecule has 0 aliphatic rings. The summed E-state index contributed by atoms with van der Waals surface area (Å²) in [6.07, 6.45) is -1.17. The van der Waals surface area contributed by atoms with Crippen LogP contribution in [0.3, 0.4) is 0 Å². The summed E-state index contributed by atoms with van der Waals surface area (Å²) in [6, 6.07) is 0. The molecule has 0 spiro atoms. The van der Waals surface area contributed by atoms with Crippen molar-refractivity contribution in [3.05, 3.63) is 5.53 Å². The van der Waals surface area contributed by atoms with Crippen molar-refractivity contribution >= 4 is 17.5 Å². The van der Waals surface area contributed by atoms with E-state index in [1.165, 1.54) is 0 Å². The van der Waals surface area contributed by atoms with E-state index in [-0.39, 0.29) is 12.3 Å². The number of carbonyl (C=O) groups excluding carboxylic acids is 2. The topological polar surface area (TPSA) is 100 Å². The van der Waals surface area contributed by atoms with Crippen LogP contribution in [0.15, 0.2) is 0 Å². The van der Waals surface area contributed by atoms with E-state index in [9.17, 15) is 14.7 Å². The van der Waals surface area contributed by atoms with E-state index in [4.69, 9.17) is 10.3 Å². The Kier molecular flexibility index (Phi) is 5.88. The minimum Gasteiger partial charge on any atom is -0.451 e. The average molecular weight is 256 g/mol. The lowest BCUT2D eigenvalue weighted by atomic mass is 10.00. The number of esters is 1. The van der Waals surface area contributed by atoms with Crippen LogP contribution < -0.4 is 0 Å². The van der Waals surface area contributed by atoms with Crippen molar-refractivity contribution < 1.29 is 24.2 Å². The molecule has 0 bridgehead atoms. The first-order chi connectivity index (χ1) is 8.08. The number of aliphatic hydroxyl groups excluding tert-OH is 1. The zero-order valence-corrected chi connectivity index (χ0v) is 11.4. The number of rotatable bonds is 5. The lowest BCUT2D eigenvalue weighted by Crippen LogP contribution is -2.35. The Bertz CT molecular complexity index is 376. The van der Waals surface area contributed by atoms with Gasteiger partial charge in [0.25, 0.3) is 5.78 Å². The van der Waals surface area contributed by atoms with Crippen molar-refractivity contribution in [3.63, 3.8) is 0 Å². The molecule has 6 nitrogen and oxygen atoms in total. The van der Waals surface area contributed by atoms with Crippen molar-refractivity contribution in [3.8, 4) is 0 Å². The van der Waals surface area contributed by atoms with E-state index < -0.39 is 29.2 Å². The SMILES string of the molecule is CC(C)C(O)CC(=O)C(=[N+]=[N-])C(=O)OC(C)(C)C. The Labute approximate surface area is 107 Å². The van der Waals surface area contributed by atoms with Crippen molar-refractivity contribution in [2.75, 3.05) is 0 Å². The molecular formula is C12H20N2O4. The van der Waals surface area contributed by atoms with Crippen LogP contribution in [-0.2, 0) is 14.3 Å². The van der Waals surface area contributed by atoms with Crippen LogP contribution in [0.4, 0.5) is 0 Å². The van der Waals surface area contributed by atoms with Gasteiger partial charge in [0.1, 0.15) is 5.60 Å². The van der Waals surface area contributed by atoms with Crippen molar-refractivity contribution in [2.24, 2.45) is 5.92 Å². The molecule has 0 saturated heterocycles. The summed E-state index contributed by atoms with van der Waals surface area (Å²) in [5.74, 6) is -1.87. The summed E-state index contributed by atoms with van der Waals surface area (Å²) >= 11 is 0. The van der Waals surface area contributed by atoms with Crippen LogP contribution in [0.5, 0.6) is 0 Å². The van der Waals surface area contributed by atoms with Crippen LogP contribution >= 0.6 is 0 Å². The molecule has 0 saturated carbocycles. The minimum absolute atomic E-state index is 0.132. The normalized spacial score (nSPS) is 12.8. The first kappa shape index (κ1) is 16.5. The zero-order valence-electron chi connectivity index (χ0n) is 11.4. The van der Waals surface area contributed by atoms with E-state index >= 15 is 0 Å². The van der Waals surface area contributed by atoms with Gasteiger partial charge in [-0.25, -0.2) is 4.79 Å². The second-order valence-corrected chi connectivity index (χ2v) is 5.39. The molecule has 1 N–H and O–H groups in total. The van der Waals surface area contributed by atoms with E-state index in [0.717, 1.165) is 0 Å². The number of ether oxygens (including phenoxy) is 1. The van der Waals surface area contributed by atoms with Gasteiger partial charge in [-0.2, -0.15) is 4.79 Å². The van der Waals surface area contributed by atoms with Gasteiger partial charge in [0.15, 0.2) is 0 Å². The number of hydrogen-bond donors (Lipinski definition) is 1. The van der Waals surface area contributed by atoms with Gasteiger partial charge in [-0.3, -0.25) is 4.79 Å². The third kappa shape index (κ3) is 5.70. The van der Waals surface area contributed by atoms with E-state index in [0.29, 0.717) is 0 Å². The van der Waals surface area contributed by atoms with Gasteiger partial charge in [0, 0.05) is 6.42 Å². The average Bonchev–Trinajstić information content (AvgIpc) is 2.15. The predicted octanol–water partition coefficient (Wildman–Crippen LogP) is 0.975. The highest BCUT2D eigenvalue weighted by Gasteiger charge is 2.35. The largest absolute Gasteiger partial charge is 0.451 e. The summed E-state index contributed by atoms with van der Waals surface area (Å²) in [6.45, 7) is 8.37. The lowest BCUT2D eigenvalue weighted by Gasteiger charge is -2.17. The fourth-order valence-corrected chi connectivity index (χ4v) is 1.06. The monoisotopic (exact) mass is 256 g/mol. The van der Waals surface area contributed by atoms with E-state index in [2.05, 4.69) is 4.79 Å². The van der Waals surface area contributed by atoms with Crippen LogP contribution in [0, 0.1) is 5.92 Å². The van der Waals surface area contributed by atoms with Crippen LogP contribution in [-0.4, -0.2) is 39.1 Å². The highest BCUT2D eigenvalue weighted by molar-refractivity contribution is 6.62. The second-order valence-electron chi connectivity index (χ2n) is 5.39. The Morgan fingerprint density at radius 3 is 2.17 bits per heavy atom. The van der Waals surface area contributed by atoms with Gasteiger partial charge in [0.05, 0.1) is 6.10 Å². The van der Waals surface area contributed by atoms with Crippen LogP contribution in [0.25, 0.3) is 5.53 Å². The maximum absolute atomic E-state index is 11.7. The highest BCUT2D eigenvalue weighted by Crippen LogP contribution is 2.10. The van der Waals surface area contributed by atoms with Crippen molar-refractivity contribution in [1.82, 2.24) is 0 Å². The van der Waals surface area contributed by atoms with Gasteiger partial charge in [-0.05, 0) is 26.7 Å². The Hall–Kier alpha value is -1.52. The molecule has 0 aromatic carbocycles. The van der Waals surface area contributed by atoms with E-state index in [1.807, 2.05) is 0 Å². The van der Waals surface area contributed by atoms with Crippen LogP contribution in [0.1, 0.15) is 41.0 Å². The lowest BCUT2D eigenvalue weighted by molar-refractivity contribution is -0.152. The molecule has 1 unspecified atom stereocenters. The molecule has 0 amide bonds. The number of carbonyl (C=O) groups is 2. The Balaban J connectivity index is 4.76. The molecule has 0 fully saturated rings. The number of ketones is 1. The maximum Gasteiger partial charge on any atom is 0.441 e. The summed E-state index contributed by atoms with van der Waals surface area (Å²) in [7, 11) is 0. The molecule has 0 rings (SSSR count). The van der Waals surface area contributed by atoms with E-state index in [1.54, 1.807) is 34.6 Å². The molecule has 6 heteroatoms. The van der Waals surface area contributed by atoms with Crippen molar-refractivity contribution in [1.29, 1.82) is 0 Å². The summed E-state index contributed by atoms with van der Waals surface area (Å²) in [5, 5.41) is 9.55. The highest BCUT2D eigenvalue weighted by atomic mass is 16.6. The standard InChI is InChI=1S/C12H20N2O4/c1-7(2)8(15)6-9(16)10(14-13)11(17)18-12(3,4)5/h7-8,15H,6H2,1-5H3. The third-order valence-corrected chi connectivity index (χ3v) is 2.12. The molecule has 102 valence electrons. The molecule has 0 aliphatic carbocycles. The maximum atomic E-state index is 11.7. The number of aliphatic hydroxyl groups is 1. The quantitative estimate of drug-likeness (QED) is 0.260. The fraction of sp³-hybridized carbons (Fsp3) is 0.750. The second kappa shape index (κ2) is 6.42. The van der Waals surface area contributed by atoms with Crippen molar-refractivity contribution in [2.45, 2.75) is 52.7 Å². The van der Waals surface area contributed by atoms with Gasteiger partial charge < -0.3 is 15.4 Å². The molecule has 18 heavy (non-hydrogen) atoms. The summed E-state index contributed by atoms with van der Waals surface area (Å²) in [5.41, 5.74) is 7.22. The Morgan fingerprint density at radius 2 is 1.83 bits per heavy atom. The molecule has 0 aliphatic heterocycles. The number of Topliss-reactive ketones (excluding diaryl/α,β-unsaturated/α-hetero) is 1. The number of hydrogen-bond acceptors (Lipinski definition) is 4. The number of nitrogens with zero attached hydrogens (tertiary/aromatic N) is 2. The summed E-state index contributed by atoms with van der Waals surface area (Å²) in [4.78, 5) is 25.9. The molecule has 0 aromatic rings. The van der Waals surface area contributed by atoms with Gasteiger partial charge in [-0.15, -0.1) is 0 Å². The zero-order chi connectivity index (χ0) is 14.5. The molecule has 0 radical (unpaired) electrons. The predicted molar refractivity (Wildman–Crippen MR) is 64.9 cm³/mol. The first-order valence-corrected chi connectivity index (χ1v) is 5.75. The summed E-state index contributed by atoms with van der Waals surface area (Å²) < 4.78 is 4.92. The fourth-order valence-electron chi connectivity index (χ4n) is 1.06. The molecular weight excluding hydrogens is 236 g/mol. The van der Waals surface area contributed by atoms with Crippen LogP contribution in [0.2, 0.25) is 0 Å². The molecule has 0 heterocycles. The molecule has 0 aromatic heterocycles.